The van der Waals surface area contributed by atoms with Crippen LogP contribution in [-0.2, 0) is 4.74 Å². The molecule has 1 aliphatic rings. The first-order chi connectivity index (χ1) is 9.07. The average Bonchev–Trinajstić information content (AvgIpc) is 2.40. The fourth-order valence-electron chi connectivity index (χ4n) is 3.69. The molecular formula is C17H35NO. The van der Waals surface area contributed by atoms with E-state index < -0.39 is 0 Å². The molecule has 1 aliphatic carbocycles. The van der Waals surface area contributed by atoms with Crippen LogP contribution in [-0.4, -0.2) is 25.3 Å². The van der Waals surface area contributed by atoms with E-state index in [-0.39, 0.29) is 5.60 Å². The van der Waals surface area contributed by atoms with Gasteiger partial charge in [0, 0.05) is 13.2 Å². The van der Waals surface area contributed by atoms with E-state index in [0.717, 1.165) is 18.4 Å². The van der Waals surface area contributed by atoms with Crippen LogP contribution in [0.5, 0.6) is 0 Å². The number of likely N-dealkylation sites (N-methyl/N-ethyl adjacent to an activating group) is 1. The Morgan fingerprint density at radius 3 is 2.37 bits per heavy atom. The Hall–Kier alpha value is -0.0800. The van der Waals surface area contributed by atoms with Gasteiger partial charge in [0.25, 0.3) is 0 Å². The molecule has 114 valence electrons. The number of hydrogen-bond donors (Lipinski definition) is 1. The van der Waals surface area contributed by atoms with Crippen LogP contribution in [0, 0.1) is 11.8 Å². The average molecular weight is 269 g/mol. The fraction of sp³-hybridized carbons (Fsp3) is 1.00. The Bertz CT molecular complexity index is 233. The fourth-order valence-corrected chi connectivity index (χ4v) is 3.69. The van der Waals surface area contributed by atoms with Crippen molar-refractivity contribution < 1.29 is 4.74 Å². The minimum Gasteiger partial charge on any atom is -0.377 e. The van der Waals surface area contributed by atoms with E-state index in [1.807, 2.05) is 7.11 Å². The lowest BCUT2D eigenvalue weighted by atomic mass is 9.73. The molecule has 19 heavy (non-hydrogen) atoms. The molecule has 2 atom stereocenters. The van der Waals surface area contributed by atoms with Gasteiger partial charge in [-0.25, -0.2) is 0 Å². The van der Waals surface area contributed by atoms with Crippen molar-refractivity contribution in [3.63, 3.8) is 0 Å². The molecule has 0 aromatic carbocycles. The maximum absolute atomic E-state index is 6.06. The van der Waals surface area contributed by atoms with Gasteiger partial charge in [-0.15, -0.1) is 0 Å². The number of nitrogens with one attached hydrogen (secondary N) is 1. The maximum Gasteiger partial charge on any atom is 0.0831 e. The summed E-state index contributed by atoms with van der Waals surface area (Å²) in [6.07, 6.45) is 8.96. The van der Waals surface area contributed by atoms with Crippen molar-refractivity contribution in [2.24, 2.45) is 11.8 Å². The minimum atomic E-state index is 0.0878. The molecule has 1 rings (SSSR count). The number of methoxy groups -OCH3 is 1. The van der Waals surface area contributed by atoms with E-state index in [1.165, 1.54) is 44.9 Å². The molecule has 0 radical (unpaired) electrons. The van der Waals surface area contributed by atoms with Crippen LogP contribution in [0.4, 0.5) is 0 Å². The zero-order valence-electron chi connectivity index (χ0n) is 13.8. The normalized spacial score (nSPS) is 31.1. The van der Waals surface area contributed by atoms with Crippen molar-refractivity contribution >= 4 is 0 Å². The molecule has 2 heteroatoms. The molecule has 0 aliphatic heterocycles. The van der Waals surface area contributed by atoms with Crippen molar-refractivity contribution in [1.82, 2.24) is 5.32 Å². The summed E-state index contributed by atoms with van der Waals surface area (Å²) in [6, 6.07) is 0.525. The van der Waals surface area contributed by atoms with Gasteiger partial charge in [0.1, 0.15) is 0 Å². The van der Waals surface area contributed by atoms with Crippen LogP contribution in [0.1, 0.15) is 72.6 Å². The van der Waals surface area contributed by atoms with Gasteiger partial charge in [0.05, 0.1) is 5.60 Å². The molecule has 0 heterocycles. The Labute approximate surface area is 120 Å². The van der Waals surface area contributed by atoms with Gasteiger partial charge in [0.15, 0.2) is 0 Å². The molecule has 1 fully saturated rings. The third kappa shape index (κ3) is 4.75. The molecule has 0 saturated heterocycles. The molecule has 0 spiro atoms. The van der Waals surface area contributed by atoms with E-state index >= 15 is 0 Å². The molecule has 1 N–H and O–H groups in total. The number of hydrogen-bond acceptors (Lipinski definition) is 2. The molecule has 2 unspecified atom stereocenters. The third-order valence-electron chi connectivity index (χ3n) is 5.03. The number of ether oxygens (including phenoxy) is 1. The predicted molar refractivity (Wildman–Crippen MR) is 83.5 cm³/mol. The minimum absolute atomic E-state index is 0.0878. The first kappa shape index (κ1) is 17.0. The van der Waals surface area contributed by atoms with Crippen LogP contribution in [0.3, 0.4) is 0 Å². The van der Waals surface area contributed by atoms with Crippen LogP contribution < -0.4 is 5.32 Å². The molecule has 0 aromatic heterocycles. The lowest BCUT2D eigenvalue weighted by Crippen LogP contribution is -2.54. The highest BCUT2D eigenvalue weighted by atomic mass is 16.5. The van der Waals surface area contributed by atoms with E-state index in [4.69, 9.17) is 4.74 Å². The standard InChI is InChI=1S/C17H35NO/c1-6-8-15(4)13-16(18-7-2)17(19-5)11-9-14(3)10-12-17/h14-16,18H,6-13H2,1-5H3. The second-order valence-corrected chi connectivity index (χ2v) is 6.69. The first-order valence-corrected chi connectivity index (χ1v) is 8.36. The topological polar surface area (TPSA) is 21.3 Å². The monoisotopic (exact) mass is 269 g/mol. The Morgan fingerprint density at radius 1 is 1.26 bits per heavy atom. The second-order valence-electron chi connectivity index (χ2n) is 6.69. The molecule has 1 saturated carbocycles. The van der Waals surface area contributed by atoms with Crippen LogP contribution in [0.15, 0.2) is 0 Å². The smallest absolute Gasteiger partial charge is 0.0831 e. The van der Waals surface area contributed by atoms with E-state index in [2.05, 4.69) is 33.0 Å². The Kier molecular flexibility index (Phi) is 7.38. The highest BCUT2D eigenvalue weighted by molar-refractivity contribution is 4.96. The van der Waals surface area contributed by atoms with Crippen LogP contribution in [0.2, 0.25) is 0 Å². The summed E-state index contributed by atoms with van der Waals surface area (Å²) in [4.78, 5) is 0. The van der Waals surface area contributed by atoms with Gasteiger partial charge < -0.3 is 10.1 Å². The van der Waals surface area contributed by atoms with Crippen molar-refractivity contribution in [2.45, 2.75) is 84.3 Å². The Morgan fingerprint density at radius 2 is 1.89 bits per heavy atom. The maximum atomic E-state index is 6.06. The molecule has 2 nitrogen and oxygen atoms in total. The third-order valence-corrected chi connectivity index (χ3v) is 5.03. The van der Waals surface area contributed by atoms with Crippen molar-refractivity contribution in [1.29, 1.82) is 0 Å². The summed E-state index contributed by atoms with van der Waals surface area (Å²) in [7, 11) is 1.92. The SMILES string of the molecule is CCCC(C)CC(NCC)C1(OC)CCC(C)CC1. The first-order valence-electron chi connectivity index (χ1n) is 8.36. The van der Waals surface area contributed by atoms with E-state index in [1.54, 1.807) is 0 Å². The van der Waals surface area contributed by atoms with Gasteiger partial charge in [-0.2, -0.15) is 0 Å². The summed E-state index contributed by atoms with van der Waals surface area (Å²) >= 11 is 0. The summed E-state index contributed by atoms with van der Waals surface area (Å²) in [5.74, 6) is 1.67. The lowest BCUT2D eigenvalue weighted by Gasteiger charge is -2.45. The van der Waals surface area contributed by atoms with Crippen molar-refractivity contribution in [3.05, 3.63) is 0 Å². The van der Waals surface area contributed by atoms with E-state index in [9.17, 15) is 0 Å². The lowest BCUT2D eigenvalue weighted by molar-refractivity contribution is -0.0790. The molecule has 0 amide bonds. The van der Waals surface area contributed by atoms with Gasteiger partial charge in [-0.3, -0.25) is 0 Å². The van der Waals surface area contributed by atoms with Crippen LogP contribution in [0.25, 0.3) is 0 Å². The molecule has 0 aromatic rings. The summed E-state index contributed by atoms with van der Waals surface area (Å²) in [5.41, 5.74) is 0.0878. The quantitative estimate of drug-likeness (QED) is 0.706. The largest absolute Gasteiger partial charge is 0.377 e. The van der Waals surface area contributed by atoms with Crippen LogP contribution >= 0.6 is 0 Å². The highest BCUT2D eigenvalue weighted by Crippen LogP contribution is 2.38. The highest BCUT2D eigenvalue weighted by Gasteiger charge is 2.41. The summed E-state index contributed by atoms with van der Waals surface area (Å²) in [6.45, 7) is 10.3. The molecule has 0 bridgehead atoms. The zero-order chi connectivity index (χ0) is 14.3. The summed E-state index contributed by atoms with van der Waals surface area (Å²) in [5, 5.41) is 3.72. The number of rotatable bonds is 8. The van der Waals surface area contributed by atoms with Gasteiger partial charge in [-0.1, -0.05) is 40.5 Å². The summed E-state index contributed by atoms with van der Waals surface area (Å²) < 4.78 is 6.06. The van der Waals surface area contributed by atoms with E-state index in [0.29, 0.717) is 6.04 Å². The van der Waals surface area contributed by atoms with Gasteiger partial charge in [0.2, 0.25) is 0 Å². The van der Waals surface area contributed by atoms with Crippen molar-refractivity contribution in [2.75, 3.05) is 13.7 Å². The van der Waals surface area contributed by atoms with Crippen molar-refractivity contribution in [3.8, 4) is 0 Å². The van der Waals surface area contributed by atoms with Gasteiger partial charge in [-0.05, 0) is 50.5 Å². The second kappa shape index (κ2) is 8.26. The Balaban J connectivity index is 2.70. The molecular weight excluding hydrogens is 234 g/mol. The van der Waals surface area contributed by atoms with Gasteiger partial charge >= 0.3 is 0 Å². The predicted octanol–water partition coefficient (Wildman–Crippen LogP) is 4.39. The zero-order valence-corrected chi connectivity index (χ0v) is 13.8.